The van der Waals surface area contributed by atoms with Gasteiger partial charge in [0.25, 0.3) is 0 Å². The van der Waals surface area contributed by atoms with Crippen LogP contribution in [-0.2, 0) is 6.54 Å². The summed E-state index contributed by atoms with van der Waals surface area (Å²) in [6.45, 7) is 4.56. The Kier molecular flexibility index (Phi) is 7.10. The second kappa shape index (κ2) is 9.33. The number of methoxy groups -OCH3 is 1. The molecule has 1 heterocycles. The van der Waals surface area contributed by atoms with Crippen molar-refractivity contribution < 1.29 is 14.3 Å². The number of benzene rings is 1. The third-order valence-electron chi connectivity index (χ3n) is 3.78. The van der Waals surface area contributed by atoms with Crippen molar-refractivity contribution in [1.82, 2.24) is 9.88 Å². The number of aliphatic hydroxyl groups is 1. The predicted octanol–water partition coefficient (Wildman–Crippen LogP) is 3.33. The van der Waals surface area contributed by atoms with Gasteiger partial charge in [-0.2, -0.15) is 0 Å². The molecule has 0 aliphatic carbocycles. The van der Waals surface area contributed by atoms with Crippen LogP contribution >= 0.6 is 0 Å². The smallest absolute Gasteiger partial charge is 0.209 e. The van der Waals surface area contributed by atoms with E-state index in [-0.39, 0.29) is 6.61 Å². The van der Waals surface area contributed by atoms with Gasteiger partial charge in [0.1, 0.15) is 5.75 Å². The van der Waals surface area contributed by atoms with Gasteiger partial charge in [-0.1, -0.05) is 19.8 Å². The molecule has 1 aromatic carbocycles. The van der Waals surface area contributed by atoms with E-state index in [1.165, 1.54) is 12.8 Å². The summed E-state index contributed by atoms with van der Waals surface area (Å²) in [6, 6.07) is 7.71. The van der Waals surface area contributed by atoms with E-state index < -0.39 is 0 Å². The van der Waals surface area contributed by atoms with Gasteiger partial charge < -0.3 is 14.3 Å². The number of oxazole rings is 1. The Morgan fingerprint density at radius 1 is 1.17 bits per heavy atom. The Morgan fingerprint density at radius 3 is 2.61 bits per heavy atom. The van der Waals surface area contributed by atoms with Gasteiger partial charge in [0.15, 0.2) is 5.76 Å². The standard InChI is InChI=1S/C18H26N2O3/c1-3-4-5-10-20(11-12-21)14-18-19-13-17(23-18)15-6-8-16(22-2)9-7-15/h6-9,13,21H,3-5,10-12,14H2,1-2H3. The molecule has 0 fully saturated rings. The van der Waals surface area contributed by atoms with Crippen LogP contribution in [0.5, 0.6) is 5.75 Å². The molecule has 2 rings (SSSR count). The molecule has 0 aliphatic rings. The van der Waals surface area contributed by atoms with E-state index in [1.807, 2.05) is 24.3 Å². The number of ether oxygens (including phenoxy) is 1. The van der Waals surface area contributed by atoms with Crippen molar-refractivity contribution in [3.05, 3.63) is 36.4 Å². The lowest BCUT2D eigenvalue weighted by atomic mass is 10.2. The van der Waals surface area contributed by atoms with Crippen LogP contribution in [0.25, 0.3) is 11.3 Å². The summed E-state index contributed by atoms with van der Waals surface area (Å²) in [5.74, 6) is 2.25. The zero-order chi connectivity index (χ0) is 16.5. The Hall–Kier alpha value is -1.85. The van der Waals surface area contributed by atoms with Gasteiger partial charge in [-0.05, 0) is 37.2 Å². The highest BCUT2D eigenvalue weighted by Crippen LogP contribution is 2.23. The number of hydrogen-bond acceptors (Lipinski definition) is 5. The molecule has 5 nitrogen and oxygen atoms in total. The summed E-state index contributed by atoms with van der Waals surface area (Å²) in [4.78, 5) is 6.54. The molecule has 23 heavy (non-hydrogen) atoms. The van der Waals surface area contributed by atoms with Crippen LogP contribution in [0.4, 0.5) is 0 Å². The Balaban J connectivity index is 1.98. The molecule has 0 amide bonds. The molecular formula is C18H26N2O3. The fourth-order valence-electron chi connectivity index (χ4n) is 2.46. The lowest BCUT2D eigenvalue weighted by Gasteiger charge is -2.19. The second-order valence-corrected chi connectivity index (χ2v) is 5.55. The van der Waals surface area contributed by atoms with Gasteiger partial charge in [0, 0.05) is 12.1 Å². The first-order chi connectivity index (χ1) is 11.3. The quantitative estimate of drug-likeness (QED) is 0.681. The monoisotopic (exact) mass is 318 g/mol. The van der Waals surface area contributed by atoms with E-state index in [1.54, 1.807) is 13.3 Å². The lowest BCUT2D eigenvalue weighted by Crippen LogP contribution is -2.27. The SMILES string of the molecule is CCCCCN(CCO)Cc1ncc(-c2ccc(OC)cc2)o1. The van der Waals surface area contributed by atoms with Crippen molar-refractivity contribution >= 4 is 0 Å². The number of hydrogen-bond donors (Lipinski definition) is 1. The zero-order valence-electron chi connectivity index (χ0n) is 14.0. The number of nitrogens with zero attached hydrogens (tertiary/aromatic N) is 2. The second-order valence-electron chi connectivity index (χ2n) is 5.55. The molecule has 0 unspecified atom stereocenters. The van der Waals surface area contributed by atoms with E-state index in [9.17, 15) is 5.11 Å². The molecule has 0 saturated heterocycles. The summed E-state index contributed by atoms with van der Waals surface area (Å²) in [5, 5.41) is 9.20. The fourth-order valence-corrected chi connectivity index (χ4v) is 2.46. The Bertz CT molecular complexity index is 566. The summed E-state index contributed by atoms with van der Waals surface area (Å²) < 4.78 is 11.0. The number of unbranched alkanes of at least 4 members (excludes halogenated alkanes) is 2. The molecule has 0 saturated carbocycles. The van der Waals surface area contributed by atoms with Gasteiger partial charge in [0.2, 0.25) is 5.89 Å². The molecule has 5 heteroatoms. The van der Waals surface area contributed by atoms with Crippen molar-refractivity contribution in [2.24, 2.45) is 0 Å². The van der Waals surface area contributed by atoms with Crippen molar-refractivity contribution in [3.8, 4) is 17.1 Å². The van der Waals surface area contributed by atoms with E-state index in [4.69, 9.17) is 9.15 Å². The highest BCUT2D eigenvalue weighted by molar-refractivity contribution is 5.57. The first kappa shape index (κ1) is 17.5. The minimum atomic E-state index is 0.151. The first-order valence-corrected chi connectivity index (χ1v) is 8.19. The maximum absolute atomic E-state index is 9.20. The van der Waals surface area contributed by atoms with Crippen LogP contribution in [0.3, 0.4) is 0 Å². The predicted molar refractivity (Wildman–Crippen MR) is 90.4 cm³/mol. The van der Waals surface area contributed by atoms with Crippen molar-refractivity contribution in [1.29, 1.82) is 0 Å². The molecular weight excluding hydrogens is 292 g/mol. The summed E-state index contributed by atoms with van der Waals surface area (Å²) in [6.07, 6.45) is 5.26. The summed E-state index contributed by atoms with van der Waals surface area (Å²) in [5.41, 5.74) is 0.976. The maximum Gasteiger partial charge on any atom is 0.209 e. The molecule has 1 N–H and O–H groups in total. The Morgan fingerprint density at radius 2 is 1.96 bits per heavy atom. The van der Waals surface area contributed by atoms with Gasteiger partial charge in [-0.3, -0.25) is 4.90 Å². The molecule has 0 bridgehead atoms. The summed E-state index contributed by atoms with van der Waals surface area (Å²) in [7, 11) is 1.65. The number of aromatic nitrogens is 1. The van der Waals surface area contributed by atoms with E-state index in [2.05, 4.69) is 16.8 Å². The average Bonchev–Trinajstić information content (AvgIpc) is 3.04. The van der Waals surface area contributed by atoms with Crippen molar-refractivity contribution in [2.75, 3.05) is 26.8 Å². The number of aliphatic hydroxyl groups excluding tert-OH is 1. The third kappa shape index (κ3) is 5.37. The van der Waals surface area contributed by atoms with Crippen LogP contribution in [0.15, 0.2) is 34.9 Å². The highest BCUT2D eigenvalue weighted by atomic mass is 16.5. The third-order valence-corrected chi connectivity index (χ3v) is 3.78. The maximum atomic E-state index is 9.20. The van der Waals surface area contributed by atoms with Gasteiger partial charge >= 0.3 is 0 Å². The van der Waals surface area contributed by atoms with E-state index in [0.29, 0.717) is 19.0 Å². The van der Waals surface area contributed by atoms with Crippen molar-refractivity contribution in [3.63, 3.8) is 0 Å². The molecule has 0 spiro atoms. The minimum absolute atomic E-state index is 0.151. The van der Waals surface area contributed by atoms with E-state index >= 15 is 0 Å². The van der Waals surface area contributed by atoms with Gasteiger partial charge in [0.05, 0.1) is 26.5 Å². The van der Waals surface area contributed by atoms with Crippen molar-refractivity contribution in [2.45, 2.75) is 32.7 Å². The summed E-state index contributed by atoms with van der Waals surface area (Å²) >= 11 is 0. The van der Waals surface area contributed by atoms with Gasteiger partial charge in [-0.15, -0.1) is 0 Å². The van der Waals surface area contributed by atoms with Crippen LogP contribution in [0, 0.1) is 0 Å². The zero-order valence-corrected chi connectivity index (χ0v) is 14.0. The molecule has 1 aromatic heterocycles. The molecule has 2 aromatic rings. The normalized spacial score (nSPS) is 11.1. The van der Waals surface area contributed by atoms with Crippen LogP contribution in [0.1, 0.15) is 32.1 Å². The van der Waals surface area contributed by atoms with Gasteiger partial charge in [-0.25, -0.2) is 4.98 Å². The minimum Gasteiger partial charge on any atom is -0.497 e. The largest absolute Gasteiger partial charge is 0.497 e. The van der Waals surface area contributed by atoms with E-state index in [0.717, 1.165) is 30.0 Å². The topological polar surface area (TPSA) is 58.7 Å². The molecule has 0 atom stereocenters. The lowest BCUT2D eigenvalue weighted by molar-refractivity contribution is 0.176. The van der Waals surface area contributed by atoms with Crippen LogP contribution < -0.4 is 4.74 Å². The molecule has 0 radical (unpaired) electrons. The Labute approximate surface area is 137 Å². The average molecular weight is 318 g/mol. The molecule has 0 aliphatic heterocycles. The fraction of sp³-hybridized carbons (Fsp3) is 0.500. The van der Waals surface area contributed by atoms with Crippen LogP contribution in [0.2, 0.25) is 0 Å². The molecule has 126 valence electrons. The highest BCUT2D eigenvalue weighted by Gasteiger charge is 2.11. The van der Waals surface area contributed by atoms with Crippen LogP contribution in [-0.4, -0.2) is 41.8 Å². The first-order valence-electron chi connectivity index (χ1n) is 8.19. The number of rotatable bonds is 10.